The van der Waals surface area contributed by atoms with E-state index in [9.17, 15) is 20.7 Å². The highest BCUT2D eigenvalue weighted by molar-refractivity contribution is 7.91. The number of halogens is 1. The average molecular weight is 296 g/mol. The van der Waals surface area contributed by atoms with Crippen molar-refractivity contribution in [2.75, 3.05) is 4.72 Å². The van der Waals surface area contributed by atoms with Crippen molar-refractivity contribution < 1.29 is 20.7 Å². The van der Waals surface area contributed by atoms with Crippen molar-refractivity contribution in [2.24, 2.45) is 0 Å². The third-order valence-corrected chi connectivity index (χ3v) is 3.94. The van der Waals surface area contributed by atoms with Gasteiger partial charge < -0.3 is 0 Å². The maximum atomic E-state index is 12.9. The summed E-state index contributed by atoms with van der Waals surface area (Å²) in [5, 5.41) is 0. The van der Waals surface area contributed by atoms with Crippen molar-refractivity contribution in [3.63, 3.8) is 0 Å². The predicted molar refractivity (Wildman–Crippen MR) is 65.6 cm³/mol. The summed E-state index contributed by atoms with van der Waals surface area (Å²) in [6, 6.07) is 4.44. The highest BCUT2D eigenvalue weighted by Gasteiger charge is 2.20. The summed E-state index contributed by atoms with van der Waals surface area (Å²) in [6.45, 7) is 3.19. The first-order valence-corrected chi connectivity index (χ1v) is 7.82. The van der Waals surface area contributed by atoms with Crippen LogP contribution < -0.4 is 9.44 Å². The quantitative estimate of drug-likeness (QED) is 0.793. The molecule has 18 heavy (non-hydrogen) atoms. The van der Waals surface area contributed by atoms with Gasteiger partial charge in [-0.25, -0.2) is 0 Å². The number of para-hydroxylation sites is 1. The lowest BCUT2D eigenvalue weighted by Gasteiger charge is -2.13. The zero-order valence-corrected chi connectivity index (χ0v) is 11.3. The van der Waals surface area contributed by atoms with E-state index in [0.29, 0.717) is 0 Å². The van der Waals surface area contributed by atoms with Crippen molar-refractivity contribution in [1.29, 1.82) is 0 Å². The lowest BCUT2D eigenvalue weighted by molar-refractivity contribution is 0.552. The van der Waals surface area contributed by atoms with Crippen LogP contribution in [-0.2, 0) is 20.4 Å². The van der Waals surface area contributed by atoms with Crippen LogP contribution in [0.5, 0.6) is 0 Å². The fraction of sp³-hybridized carbons (Fsp3) is 0.333. The molecule has 0 atom stereocenters. The van der Waals surface area contributed by atoms with Crippen LogP contribution in [0, 0.1) is 0 Å². The van der Waals surface area contributed by atoms with Crippen LogP contribution in [-0.4, -0.2) is 22.9 Å². The van der Waals surface area contributed by atoms with Gasteiger partial charge in [-0.1, -0.05) is 12.1 Å². The van der Waals surface area contributed by atoms with Gasteiger partial charge in [-0.15, -0.1) is 3.89 Å². The van der Waals surface area contributed by atoms with Gasteiger partial charge in [-0.2, -0.15) is 21.6 Å². The first-order valence-electron chi connectivity index (χ1n) is 4.95. The lowest BCUT2D eigenvalue weighted by atomic mass is 10.3. The first kappa shape index (κ1) is 14.9. The number of hydrogen-bond donors (Lipinski definition) is 2. The van der Waals surface area contributed by atoms with E-state index in [1.807, 2.05) is 4.72 Å². The number of nitrogens with one attached hydrogen (secondary N) is 2. The van der Waals surface area contributed by atoms with Gasteiger partial charge in [0.25, 0.3) is 10.2 Å². The van der Waals surface area contributed by atoms with Gasteiger partial charge in [-0.3, -0.25) is 4.72 Å². The van der Waals surface area contributed by atoms with E-state index < -0.39 is 25.3 Å². The molecular formula is C9H13FN2O4S2. The SMILES string of the molecule is CC(C)NS(=O)(=O)Nc1ccccc1S(=O)(=O)F. The Hall–Kier alpha value is -1.19. The van der Waals surface area contributed by atoms with E-state index in [0.717, 1.165) is 12.1 Å². The summed E-state index contributed by atoms with van der Waals surface area (Å²) in [5.74, 6) is 0. The maximum absolute atomic E-state index is 12.9. The Morgan fingerprint density at radius 1 is 1.11 bits per heavy atom. The molecule has 0 heterocycles. The van der Waals surface area contributed by atoms with Crippen molar-refractivity contribution in [3.05, 3.63) is 24.3 Å². The molecule has 9 heteroatoms. The average Bonchev–Trinajstić information content (AvgIpc) is 2.13. The van der Waals surface area contributed by atoms with E-state index >= 15 is 0 Å². The molecule has 2 N–H and O–H groups in total. The topological polar surface area (TPSA) is 92.3 Å². The summed E-state index contributed by atoms with van der Waals surface area (Å²) >= 11 is 0. The molecule has 0 radical (unpaired) electrons. The second kappa shape index (κ2) is 5.21. The van der Waals surface area contributed by atoms with Crippen LogP contribution in [0.3, 0.4) is 0 Å². The maximum Gasteiger partial charge on any atom is 0.334 e. The van der Waals surface area contributed by atoms with Gasteiger partial charge in [0.1, 0.15) is 4.90 Å². The Balaban J connectivity index is 3.14. The summed E-state index contributed by atoms with van der Waals surface area (Å²) in [4.78, 5) is -0.723. The summed E-state index contributed by atoms with van der Waals surface area (Å²) in [7, 11) is -8.94. The highest BCUT2D eigenvalue weighted by atomic mass is 32.3. The third kappa shape index (κ3) is 4.24. The Labute approximate surface area is 106 Å². The Kier molecular flexibility index (Phi) is 4.30. The van der Waals surface area contributed by atoms with Crippen molar-refractivity contribution in [1.82, 2.24) is 4.72 Å². The highest BCUT2D eigenvalue weighted by Crippen LogP contribution is 2.23. The molecule has 0 fully saturated rings. The standard InChI is InChI=1S/C9H13FN2O4S2/c1-7(2)11-18(15,16)12-8-5-3-4-6-9(8)17(10,13)14/h3-7,11-12H,1-2H3. The molecule has 0 unspecified atom stereocenters. The van der Waals surface area contributed by atoms with Gasteiger partial charge >= 0.3 is 10.2 Å². The normalized spacial score (nSPS) is 12.7. The second-order valence-electron chi connectivity index (χ2n) is 3.81. The molecule has 0 amide bonds. The van der Waals surface area contributed by atoms with Crippen molar-refractivity contribution in [2.45, 2.75) is 24.8 Å². The van der Waals surface area contributed by atoms with Crippen LogP contribution in [0.4, 0.5) is 9.57 Å². The van der Waals surface area contributed by atoms with Crippen LogP contribution in [0.1, 0.15) is 13.8 Å². The van der Waals surface area contributed by atoms with E-state index in [1.165, 1.54) is 12.1 Å². The van der Waals surface area contributed by atoms with Crippen LogP contribution in [0.15, 0.2) is 29.2 Å². The molecule has 102 valence electrons. The Morgan fingerprint density at radius 3 is 2.17 bits per heavy atom. The van der Waals surface area contributed by atoms with E-state index in [1.54, 1.807) is 13.8 Å². The van der Waals surface area contributed by atoms with E-state index in [-0.39, 0.29) is 11.7 Å². The van der Waals surface area contributed by atoms with Gasteiger partial charge in [0.15, 0.2) is 0 Å². The third-order valence-electron chi connectivity index (χ3n) is 1.78. The number of rotatable bonds is 5. The van der Waals surface area contributed by atoms with Gasteiger partial charge in [-0.05, 0) is 26.0 Å². The van der Waals surface area contributed by atoms with E-state index in [4.69, 9.17) is 0 Å². The predicted octanol–water partition coefficient (Wildman–Crippen LogP) is 0.999. The van der Waals surface area contributed by atoms with Gasteiger partial charge in [0.2, 0.25) is 0 Å². The fourth-order valence-corrected chi connectivity index (χ4v) is 3.08. The zero-order chi connectivity index (χ0) is 14.0. The molecule has 6 nitrogen and oxygen atoms in total. The number of hydrogen-bond acceptors (Lipinski definition) is 4. The Morgan fingerprint density at radius 2 is 1.67 bits per heavy atom. The largest absolute Gasteiger partial charge is 0.334 e. The monoisotopic (exact) mass is 296 g/mol. The molecule has 1 aromatic rings. The smallest absolute Gasteiger partial charge is 0.270 e. The summed E-state index contributed by atoms with van der Waals surface area (Å²) in [5.41, 5.74) is -0.340. The minimum atomic E-state index is -4.99. The number of anilines is 1. The molecule has 0 aliphatic carbocycles. The van der Waals surface area contributed by atoms with Crippen LogP contribution in [0.25, 0.3) is 0 Å². The molecule has 0 saturated carbocycles. The molecule has 0 aromatic heterocycles. The molecule has 1 aromatic carbocycles. The molecule has 0 aliphatic rings. The summed E-state index contributed by atoms with van der Waals surface area (Å²) < 4.78 is 61.9. The minimum Gasteiger partial charge on any atom is -0.270 e. The molecular weight excluding hydrogens is 283 g/mol. The molecule has 0 aliphatic heterocycles. The molecule has 1 rings (SSSR count). The summed E-state index contributed by atoms with van der Waals surface area (Å²) in [6.07, 6.45) is 0. The first-order chi connectivity index (χ1) is 8.12. The fourth-order valence-electron chi connectivity index (χ4n) is 1.25. The van der Waals surface area contributed by atoms with Crippen LogP contribution >= 0.6 is 0 Å². The van der Waals surface area contributed by atoms with Crippen molar-refractivity contribution in [3.8, 4) is 0 Å². The van der Waals surface area contributed by atoms with Crippen molar-refractivity contribution >= 4 is 26.1 Å². The molecule has 0 bridgehead atoms. The molecule has 0 spiro atoms. The number of benzene rings is 1. The zero-order valence-electron chi connectivity index (χ0n) is 9.71. The van der Waals surface area contributed by atoms with Gasteiger partial charge in [0, 0.05) is 6.04 Å². The van der Waals surface area contributed by atoms with E-state index in [2.05, 4.69) is 4.72 Å². The molecule has 0 saturated heterocycles. The van der Waals surface area contributed by atoms with Crippen LogP contribution in [0.2, 0.25) is 0 Å². The Bertz CT molecular complexity index is 626. The van der Waals surface area contributed by atoms with Gasteiger partial charge in [0.05, 0.1) is 5.69 Å². The minimum absolute atomic E-state index is 0.340. The lowest BCUT2D eigenvalue weighted by Crippen LogP contribution is -2.35. The second-order valence-corrected chi connectivity index (χ2v) is 6.57.